The van der Waals surface area contributed by atoms with E-state index < -0.39 is 9.84 Å². The third kappa shape index (κ3) is 6.20. The Bertz CT molecular complexity index is 1030. The number of carbonyl (C=O) groups excluding carboxylic acids is 1. The Morgan fingerprint density at radius 3 is 2.26 bits per heavy atom. The molecule has 2 aromatic carbocycles. The van der Waals surface area contributed by atoms with Crippen LogP contribution in [0.15, 0.2) is 54.6 Å². The lowest BCUT2D eigenvalue weighted by Crippen LogP contribution is -2.39. The Morgan fingerprint density at radius 1 is 1.10 bits per heavy atom. The Labute approximate surface area is 185 Å². The first-order valence-electron chi connectivity index (χ1n) is 10.5. The molecule has 5 nitrogen and oxygen atoms in total. The van der Waals surface area contributed by atoms with Gasteiger partial charge >= 0.3 is 0 Å². The minimum Gasteiger partial charge on any atom is -0.497 e. The van der Waals surface area contributed by atoms with Gasteiger partial charge in [-0.1, -0.05) is 57.2 Å². The second-order valence-electron chi connectivity index (χ2n) is 9.08. The fraction of sp³-hybridized carbons (Fsp3) is 0.400. The standard InChI is InChI=1S/C25H31NO4S/c1-25(2,3)21-10-5-20(6-11-21)17-26(22-15-16-31(28,29)18-22)24(27)14-9-19-7-12-23(30-4)13-8-19/h5-14,22H,15-18H2,1-4H3/b14-9+. The largest absolute Gasteiger partial charge is 0.497 e. The van der Waals surface area contributed by atoms with Crippen molar-refractivity contribution < 1.29 is 17.9 Å². The van der Waals surface area contributed by atoms with Crippen LogP contribution in [-0.4, -0.2) is 43.9 Å². The Balaban J connectivity index is 1.80. The predicted octanol–water partition coefficient (Wildman–Crippen LogP) is 4.22. The maximum absolute atomic E-state index is 13.1. The van der Waals surface area contributed by atoms with E-state index in [1.54, 1.807) is 18.1 Å². The number of amides is 1. The van der Waals surface area contributed by atoms with E-state index in [1.807, 2.05) is 36.4 Å². The van der Waals surface area contributed by atoms with E-state index in [0.29, 0.717) is 13.0 Å². The van der Waals surface area contributed by atoms with Crippen LogP contribution in [0.4, 0.5) is 0 Å². The molecule has 1 aliphatic heterocycles. The van der Waals surface area contributed by atoms with Gasteiger partial charge in [-0.2, -0.15) is 0 Å². The number of nitrogens with zero attached hydrogens (tertiary/aromatic N) is 1. The molecule has 0 spiro atoms. The number of ether oxygens (including phenoxy) is 1. The van der Waals surface area contributed by atoms with Crippen LogP contribution in [-0.2, 0) is 26.6 Å². The number of rotatable bonds is 6. The number of hydrogen-bond donors (Lipinski definition) is 0. The highest BCUT2D eigenvalue weighted by atomic mass is 32.2. The monoisotopic (exact) mass is 441 g/mol. The molecule has 1 unspecified atom stereocenters. The SMILES string of the molecule is COc1ccc(/C=C/C(=O)N(Cc2ccc(C(C)(C)C)cc2)C2CCS(=O)(=O)C2)cc1. The summed E-state index contributed by atoms with van der Waals surface area (Å²) in [5, 5.41) is 0. The number of carbonyl (C=O) groups is 1. The Morgan fingerprint density at radius 2 is 1.74 bits per heavy atom. The van der Waals surface area contributed by atoms with Gasteiger partial charge in [-0.15, -0.1) is 0 Å². The topological polar surface area (TPSA) is 63.7 Å². The van der Waals surface area contributed by atoms with Crippen molar-refractivity contribution in [2.75, 3.05) is 18.6 Å². The maximum Gasteiger partial charge on any atom is 0.247 e. The van der Waals surface area contributed by atoms with Crippen LogP contribution in [0.1, 0.15) is 43.9 Å². The van der Waals surface area contributed by atoms with Crippen molar-refractivity contribution in [3.05, 3.63) is 71.3 Å². The van der Waals surface area contributed by atoms with Gasteiger partial charge in [0.05, 0.1) is 18.6 Å². The van der Waals surface area contributed by atoms with Crippen molar-refractivity contribution in [3.63, 3.8) is 0 Å². The van der Waals surface area contributed by atoms with Gasteiger partial charge in [-0.3, -0.25) is 4.79 Å². The minimum atomic E-state index is -3.10. The summed E-state index contributed by atoms with van der Waals surface area (Å²) in [6.07, 6.45) is 3.75. The van der Waals surface area contributed by atoms with Crippen molar-refractivity contribution in [3.8, 4) is 5.75 Å². The molecule has 0 radical (unpaired) electrons. The van der Waals surface area contributed by atoms with Crippen LogP contribution in [0, 0.1) is 0 Å². The van der Waals surface area contributed by atoms with Gasteiger partial charge in [0.2, 0.25) is 5.91 Å². The zero-order chi connectivity index (χ0) is 22.6. The lowest BCUT2D eigenvalue weighted by Gasteiger charge is -2.28. The molecular formula is C25H31NO4S. The summed E-state index contributed by atoms with van der Waals surface area (Å²) in [6, 6.07) is 15.3. The first kappa shape index (κ1) is 23.1. The Kier molecular flexibility index (Phi) is 6.90. The number of hydrogen-bond acceptors (Lipinski definition) is 4. The summed E-state index contributed by atoms with van der Waals surface area (Å²) in [4.78, 5) is 14.8. The minimum absolute atomic E-state index is 0.0230. The van der Waals surface area contributed by atoms with Crippen LogP contribution in [0.3, 0.4) is 0 Å². The summed E-state index contributed by atoms with van der Waals surface area (Å²) >= 11 is 0. The van der Waals surface area contributed by atoms with Crippen molar-refractivity contribution in [2.45, 2.75) is 45.2 Å². The quantitative estimate of drug-likeness (QED) is 0.630. The number of benzene rings is 2. The normalized spacial score (nSPS) is 18.3. The van der Waals surface area contributed by atoms with Gasteiger partial charge in [0.15, 0.2) is 9.84 Å². The molecule has 0 saturated carbocycles. The highest BCUT2D eigenvalue weighted by molar-refractivity contribution is 7.91. The van der Waals surface area contributed by atoms with Gasteiger partial charge in [0.1, 0.15) is 5.75 Å². The maximum atomic E-state index is 13.1. The molecule has 31 heavy (non-hydrogen) atoms. The van der Waals surface area contributed by atoms with Crippen LogP contribution < -0.4 is 4.74 Å². The highest BCUT2D eigenvalue weighted by Gasteiger charge is 2.34. The molecule has 1 fully saturated rings. The predicted molar refractivity (Wildman–Crippen MR) is 125 cm³/mol. The summed E-state index contributed by atoms with van der Waals surface area (Å²) in [5.74, 6) is 0.722. The van der Waals surface area contributed by atoms with Crippen LogP contribution in [0.2, 0.25) is 0 Å². The fourth-order valence-corrected chi connectivity index (χ4v) is 5.42. The van der Waals surface area contributed by atoms with E-state index in [1.165, 1.54) is 11.6 Å². The third-order valence-corrected chi connectivity index (χ3v) is 7.39. The highest BCUT2D eigenvalue weighted by Crippen LogP contribution is 2.25. The van der Waals surface area contributed by atoms with Gasteiger partial charge in [-0.05, 0) is 46.7 Å². The van der Waals surface area contributed by atoms with Crippen LogP contribution >= 0.6 is 0 Å². The molecule has 0 bridgehead atoms. The average molecular weight is 442 g/mol. The lowest BCUT2D eigenvalue weighted by molar-refractivity contribution is -0.128. The molecule has 3 rings (SSSR count). The molecule has 6 heteroatoms. The lowest BCUT2D eigenvalue weighted by atomic mass is 9.86. The van der Waals surface area contributed by atoms with Crippen molar-refractivity contribution in [1.82, 2.24) is 4.90 Å². The zero-order valence-corrected chi connectivity index (χ0v) is 19.5. The molecular weight excluding hydrogens is 410 g/mol. The molecule has 0 aliphatic carbocycles. The average Bonchev–Trinajstić information content (AvgIpc) is 3.09. The molecule has 166 valence electrons. The number of methoxy groups -OCH3 is 1. The van der Waals surface area contributed by atoms with Crippen molar-refractivity contribution in [1.29, 1.82) is 0 Å². The van der Waals surface area contributed by atoms with Crippen molar-refractivity contribution in [2.24, 2.45) is 0 Å². The van der Waals surface area contributed by atoms with E-state index in [4.69, 9.17) is 4.74 Å². The van der Waals surface area contributed by atoms with Crippen LogP contribution in [0.5, 0.6) is 5.75 Å². The molecule has 2 aromatic rings. The summed E-state index contributed by atoms with van der Waals surface area (Å²) in [7, 11) is -1.49. The van der Waals surface area contributed by atoms with E-state index in [0.717, 1.165) is 16.9 Å². The molecule has 1 heterocycles. The molecule has 1 aliphatic rings. The van der Waals surface area contributed by atoms with Crippen molar-refractivity contribution >= 4 is 21.8 Å². The molecule has 1 amide bonds. The van der Waals surface area contributed by atoms with Gasteiger partial charge in [0.25, 0.3) is 0 Å². The van der Waals surface area contributed by atoms with Gasteiger partial charge in [0, 0.05) is 18.7 Å². The fourth-order valence-electron chi connectivity index (χ4n) is 3.69. The van der Waals surface area contributed by atoms with E-state index in [-0.39, 0.29) is 28.9 Å². The zero-order valence-electron chi connectivity index (χ0n) is 18.7. The molecule has 0 N–H and O–H groups in total. The van der Waals surface area contributed by atoms with E-state index in [2.05, 4.69) is 32.9 Å². The summed E-state index contributed by atoms with van der Waals surface area (Å²) < 4.78 is 29.3. The van der Waals surface area contributed by atoms with Gasteiger partial charge < -0.3 is 9.64 Å². The number of sulfone groups is 1. The van der Waals surface area contributed by atoms with Gasteiger partial charge in [-0.25, -0.2) is 8.42 Å². The van der Waals surface area contributed by atoms with E-state index in [9.17, 15) is 13.2 Å². The molecule has 1 atom stereocenters. The second kappa shape index (κ2) is 9.27. The van der Waals surface area contributed by atoms with E-state index >= 15 is 0 Å². The summed E-state index contributed by atoms with van der Waals surface area (Å²) in [5.41, 5.74) is 3.14. The summed E-state index contributed by atoms with van der Waals surface area (Å²) in [6.45, 7) is 6.86. The molecule has 1 saturated heterocycles. The Hall–Kier alpha value is -2.60. The molecule has 0 aromatic heterocycles. The third-order valence-electron chi connectivity index (χ3n) is 5.64. The second-order valence-corrected chi connectivity index (χ2v) is 11.3. The first-order chi connectivity index (χ1) is 14.6. The smallest absolute Gasteiger partial charge is 0.247 e. The first-order valence-corrected chi connectivity index (χ1v) is 12.3. The van der Waals surface area contributed by atoms with Crippen LogP contribution in [0.25, 0.3) is 6.08 Å².